The summed E-state index contributed by atoms with van der Waals surface area (Å²) in [5.41, 5.74) is 1.70. The molecule has 0 fully saturated rings. The number of nitrogens with one attached hydrogen (secondary N) is 2. The van der Waals surface area contributed by atoms with Crippen molar-refractivity contribution in [2.75, 3.05) is 7.05 Å². The van der Waals surface area contributed by atoms with Crippen molar-refractivity contribution in [1.29, 1.82) is 0 Å². The molecule has 0 aromatic carbocycles. The number of aryl methyl sites for hydroxylation is 1. The molecule has 2 aromatic heterocycles. The summed E-state index contributed by atoms with van der Waals surface area (Å²) in [6.45, 7) is 3.29. The molecule has 0 bridgehead atoms. The number of carbonyl (C=O) groups excluding carboxylic acids is 3. The van der Waals surface area contributed by atoms with Crippen molar-refractivity contribution in [1.82, 2.24) is 20.0 Å². The van der Waals surface area contributed by atoms with Crippen molar-refractivity contribution in [3.63, 3.8) is 0 Å². The number of pyridine rings is 1. The molecule has 0 aliphatic heterocycles. The molecule has 22 heavy (non-hydrogen) atoms. The first-order chi connectivity index (χ1) is 10.4. The molecular formula is C14H16N4O4. The lowest BCUT2D eigenvalue weighted by Crippen LogP contribution is -2.43. The quantitative estimate of drug-likeness (QED) is 0.810. The first-order valence-corrected chi connectivity index (χ1v) is 6.59. The summed E-state index contributed by atoms with van der Waals surface area (Å²) >= 11 is 0. The van der Waals surface area contributed by atoms with Gasteiger partial charge in [-0.15, -0.1) is 0 Å². The maximum Gasteiger partial charge on any atom is 0.359 e. The molecule has 2 rings (SSSR count). The summed E-state index contributed by atoms with van der Waals surface area (Å²) in [6.07, 6.45) is 2.17. The monoisotopic (exact) mass is 304 g/mol. The van der Waals surface area contributed by atoms with E-state index in [1.807, 2.05) is 24.4 Å². The molecule has 2 heterocycles. The molecule has 0 aliphatic rings. The molecule has 8 heteroatoms. The molecule has 8 nitrogen and oxygen atoms in total. The van der Waals surface area contributed by atoms with Gasteiger partial charge in [0.25, 0.3) is 5.91 Å². The zero-order chi connectivity index (χ0) is 16.3. The summed E-state index contributed by atoms with van der Waals surface area (Å²) < 4.78 is 6.68. The summed E-state index contributed by atoms with van der Waals surface area (Å²) in [4.78, 5) is 38.8. The zero-order valence-corrected chi connectivity index (χ0v) is 12.4. The van der Waals surface area contributed by atoms with E-state index < -0.39 is 24.0 Å². The summed E-state index contributed by atoms with van der Waals surface area (Å²) in [5, 5.41) is 4.26. The number of ether oxygens (including phenoxy) is 1. The summed E-state index contributed by atoms with van der Waals surface area (Å²) in [6, 6.07) is 3.03. The van der Waals surface area contributed by atoms with Crippen LogP contribution in [0.25, 0.3) is 5.65 Å². The second kappa shape index (κ2) is 6.25. The maximum absolute atomic E-state index is 12.0. The third-order valence-corrected chi connectivity index (χ3v) is 2.94. The third-order valence-electron chi connectivity index (χ3n) is 2.94. The number of amides is 3. The highest BCUT2D eigenvalue weighted by molar-refractivity contribution is 5.98. The van der Waals surface area contributed by atoms with Gasteiger partial charge in [0.1, 0.15) is 5.65 Å². The van der Waals surface area contributed by atoms with Gasteiger partial charge in [-0.3, -0.25) is 10.1 Å². The number of imidazole rings is 1. The highest BCUT2D eigenvalue weighted by Gasteiger charge is 2.22. The van der Waals surface area contributed by atoms with Crippen LogP contribution in [-0.4, -0.2) is 40.4 Å². The maximum atomic E-state index is 12.0. The van der Waals surface area contributed by atoms with Crippen LogP contribution in [0.3, 0.4) is 0 Å². The second-order valence-corrected chi connectivity index (χ2v) is 4.71. The number of esters is 1. The number of urea groups is 1. The topological polar surface area (TPSA) is 102 Å². The molecule has 0 spiro atoms. The average Bonchev–Trinajstić information content (AvgIpc) is 2.89. The van der Waals surface area contributed by atoms with Gasteiger partial charge in [-0.25, -0.2) is 14.6 Å². The molecule has 0 saturated heterocycles. The Labute approximate surface area is 126 Å². The van der Waals surface area contributed by atoms with Gasteiger partial charge in [-0.05, 0) is 31.5 Å². The Morgan fingerprint density at radius 1 is 1.36 bits per heavy atom. The Morgan fingerprint density at radius 2 is 2.09 bits per heavy atom. The highest BCUT2D eigenvalue weighted by Crippen LogP contribution is 2.09. The minimum Gasteiger partial charge on any atom is -0.448 e. The van der Waals surface area contributed by atoms with E-state index in [1.54, 1.807) is 10.6 Å². The van der Waals surface area contributed by atoms with Crippen molar-refractivity contribution in [3.05, 3.63) is 35.8 Å². The number of rotatable bonds is 3. The van der Waals surface area contributed by atoms with Crippen molar-refractivity contribution >= 4 is 23.6 Å². The van der Waals surface area contributed by atoms with Crippen molar-refractivity contribution in [2.45, 2.75) is 20.0 Å². The number of carbonyl (C=O) groups is 3. The summed E-state index contributed by atoms with van der Waals surface area (Å²) in [5.74, 6) is -1.45. The molecular weight excluding hydrogens is 288 g/mol. The molecule has 3 amide bonds. The van der Waals surface area contributed by atoms with Gasteiger partial charge in [0.15, 0.2) is 11.8 Å². The van der Waals surface area contributed by atoms with Gasteiger partial charge >= 0.3 is 12.0 Å². The van der Waals surface area contributed by atoms with Crippen LogP contribution in [0, 0.1) is 6.92 Å². The van der Waals surface area contributed by atoms with Crippen LogP contribution in [0.15, 0.2) is 24.5 Å². The van der Waals surface area contributed by atoms with Gasteiger partial charge in [0.2, 0.25) is 0 Å². The average molecular weight is 304 g/mol. The van der Waals surface area contributed by atoms with Crippen molar-refractivity contribution < 1.29 is 19.1 Å². The van der Waals surface area contributed by atoms with E-state index in [0.29, 0.717) is 5.65 Å². The molecule has 1 atom stereocenters. The smallest absolute Gasteiger partial charge is 0.359 e. The zero-order valence-electron chi connectivity index (χ0n) is 12.4. The minimum atomic E-state index is -1.11. The van der Waals surface area contributed by atoms with E-state index in [9.17, 15) is 14.4 Å². The van der Waals surface area contributed by atoms with Crippen molar-refractivity contribution in [3.8, 4) is 0 Å². The lowest BCUT2D eigenvalue weighted by Gasteiger charge is -2.11. The first kappa shape index (κ1) is 15.5. The van der Waals surface area contributed by atoms with Crippen molar-refractivity contribution in [2.24, 2.45) is 0 Å². The summed E-state index contributed by atoms with van der Waals surface area (Å²) in [7, 11) is 1.37. The minimum absolute atomic E-state index is 0.0881. The molecule has 2 N–H and O–H groups in total. The first-order valence-electron chi connectivity index (χ1n) is 6.59. The van der Waals surface area contributed by atoms with E-state index in [2.05, 4.69) is 10.3 Å². The van der Waals surface area contributed by atoms with Crippen LogP contribution in [0.1, 0.15) is 23.0 Å². The Hall–Kier alpha value is -2.90. The SMILES string of the molecule is CNC(=O)NC(=O)C(C)OC(=O)c1cn2ccc(C)cc2n1. The lowest BCUT2D eigenvalue weighted by atomic mass is 10.3. The van der Waals surface area contributed by atoms with E-state index in [1.165, 1.54) is 20.2 Å². The van der Waals surface area contributed by atoms with Gasteiger partial charge in [-0.2, -0.15) is 0 Å². The van der Waals surface area contributed by atoms with E-state index >= 15 is 0 Å². The van der Waals surface area contributed by atoms with E-state index in [-0.39, 0.29) is 5.69 Å². The number of aromatic nitrogens is 2. The number of nitrogens with zero attached hydrogens (tertiary/aromatic N) is 2. The number of hydrogen-bond donors (Lipinski definition) is 2. The van der Waals surface area contributed by atoms with Gasteiger partial charge in [0.05, 0.1) is 0 Å². The van der Waals surface area contributed by atoms with Crippen LogP contribution in [0.2, 0.25) is 0 Å². The van der Waals surface area contributed by atoms with E-state index in [4.69, 9.17) is 4.74 Å². The molecule has 2 aromatic rings. The predicted molar refractivity (Wildman–Crippen MR) is 77.4 cm³/mol. The number of fused-ring (bicyclic) bond motifs is 1. The molecule has 0 aliphatic carbocycles. The Bertz CT molecular complexity index is 738. The predicted octanol–water partition coefficient (Wildman–Crippen LogP) is 0.644. The third kappa shape index (κ3) is 3.40. The molecule has 1 unspecified atom stereocenters. The molecule has 0 radical (unpaired) electrons. The second-order valence-electron chi connectivity index (χ2n) is 4.71. The fourth-order valence-corrected chi connectivity index (χ4v) is 1.73. The fraction of sp³-hybridized carbons (Fsp3) is 0.286. The van der Waals surface area contributed by atoms with Gasteiger partial charge in [0, 0.05) is 19.4 Å². The Balaban J connectivity index is 2.07. The van der Waals surface area contributed by atoms with Crippen LogP contribution in [0.4, 0.5) is 4.79 Å². The number of imide groups is 1. The number of hydrogen-bond acceptors (Lipinski definition) is 5. The van der Waals surface area contributed by atoms with Gasteiger partial charge < -0.3 is 14.5 Å². The Kier molecular flexibility index (Phi) is 4.40. The van der Waals surface area contributed by atoms with E-state index in [0.717, 1.165) is 5.56 Å². The lowest BCUT2D eigenvalue weighted by molar-refractivity contribution is -0.127. The molecule has 0 saturated carbocycles. The highest BCUT2D eigenvalue weighted by atomic mass is 16.5. The normalized spacial score (nSPS) is 11.8. The largest absolute Gasteiger partial charge is 0.448 e. The van der Waals surface area contributed by atoms with Crippen LogP contribution in [0.5, 0.6) is 0 Å². The fourth-order valence-electron chi connectivity index (χ4n) is 1.73. The van der Waals surface area contributed by atoms with Crippen LogP contribution < -0.4 is 10.6 Å². The van der Waals surface area contributed by atoms with Crippen LogP contribution >= 0.6 is 0 Å². The standard InChI is InChI=1S/C14H16N4O4/c1-8-4-5-18-7-10(16-11(18)6-8)13(20)22-9(2)12(19)17-14(21)15-3/h4-7,9H,1-3H3,(H2,15,17,19,21). The Morgan fingerprint density at radius 3 is 2.77 bits per heavy atom. The van der Waals surface area contributed by atoms with Crippen LogP contribution in [-0.2, 0) is 9.53 Å². The van der Waals surface area contributed by atoms with Gasteiger partial charge in [-0.1, -0.05) is 0 Å². The molecule has 116 valence electrons.